The van der Waals surface area contributed by atoms with Gasteiger partial charge < -0.3 is 15.2 Å². The lowest BCUT2D eigenvalue weighted by atomic mass is 10.1. The highest BCUT2D eigenvalue weighted by molar-refractivity contribution is 5.92. The maximum atomic E-state index is 11.9. The summed E-state index contributed by atoms with van der Waals surface area (Å²) in [5, 5.41) is 12.3. The molecule has 21 heavy (non-hydrogen) atoms. The smallest absolute Gasteiger partial charge is 0.224 e. The summed E-state index contributed by atoms with van der Waals surface area (Å²) in [4.78, 5) is 11.9. The minimum atomic E-state index is -0.136. The highest BCUT2D eigenvalue weighted by Crippen LogP contribution is 2.23. The van der Waals surface area contributed by atoms with Crippen LogP contribution < -0.4 is 10.1 Å². The number of para-hydroxylation sites is 3. The second kappa shape index (κ2) is 7.33. The molecule has 0 spiro atoms. The Kier molecular flexibility index (Phi) is 5.21. The maximum absolute atomic E-state index is 11.9. The number of amides is 1. The van der Waals surface area contributed by atoms with E-state index in [1.807, 2.05) is 31.2 Å². The van der Waals surface area contributed by atoms with E-state index in [2.05, 4.69) is 5.32 Å². The number of benzene rings is 2. The standard InChI is InChI=1S/C17H19NO3/c1-2-21-16-10-6-3-7-13(16)11-12-17(20)18-14-8-4-5-9-15(14)19/h3-10,19H,2,11-12H2,1H3,(H,18,20). The lowest BCUT2D eigenvalue weighted by Crippen LogP contribution is -2.12. The molecule has 0 saturated carbocycles. The molecule has 110 valence electrons. The molecule has 0 saturated heterocycles. The molecule has 4 heteroatoms. The molecule has 4 nitrogen and oxygen atoms in total. The molecular formula is C17H19NO3. The van der Waals surface area contributed by atoms with Crippen LogP contribution in [0.25, 0.3) is 0 Å². The van der Waals surface area contributed by atoms with Gasteiger partial charge in [-0.25, -0.2) is 0 Å². The number of aromatic hydroxyl groups is 1. The predicted octanol–water partition coefficient (Wildman–Crippen LogP) is 3.36. The van der Waals surface area contributed by atoms with Gasteiger partial charge in [-0.1, -0.05) is 30.3 Å². The van der Waals surface area contributed by atoms with Crippen molar-refractivity contribution in [3.63, 3.8) is 0 Å². The Balaban J connectivity index is 1.94. The van der Waals surface area contributed by atoms with Crippen molar-refractivity contribution in [2.24, 2.45) is 0 Å². The van der Waals surface area contributed by atoms with E-state index in [4.69, 9.17) is 4.74 Å². The van der Waals surface area contributed by atoms with Crippen molar-refractivity contribution < 1.29 is 14.6 Å². The number of hydrogen-bond acceptors (Lipinski definition) is 3. The summed E-state index contributed by atoms with van der Waals surface area (Å²) in [6.45, 7) is 2.53. The lowest BCUT2D eigenvalue weighted by Gasteiger charge is -2.10. The van der Waals surface area contributed by atoms with Crippen LogP contribution in [0.3, 0.4) is 0 Å². The van der Waals surface area contributed by atoms with Crippen LogP contribution in [-0.2, 0) is 11.2 Å². The van der Waals surface area contributed by atoms with Crippen LogP contribution in [0.4, 0.5) is 5.69 Å². The topological polar surface area (TPSA) is 58.6 Å². The molecule has 0 unspecified atom stereocenters. The van der Waals surface area contributed by atoms with Crippen LogP contribution >= 0.6 is 0 Å². The van der Waals surface area contributed by atoms with Crippen LogP contribution in [0.15, 0.2) is 48.5 Å². The number of anilines is 1. The Bertz CT molecular complexity index is 610. The Labute approximate surface area is 124 Å². The number of nitrogens with one attached hydrogen (secondary N) is 1. The molecule has 1 amide bonds. The van der Waals surface area contributed by atoms with Gasteiger partial charge in [0, 0.05) is 6.42 Å². The zero-order valence-corrected chi connectivity index (χ0v) is 12.0. The zero-order valence-electron chi connectivity index (χ0n) is 12.0. The van der Waals surface area contributed by atoms with Gasteiger partial charge in [-0.3, -0.25) is 4.79 Å². The van der Waals surface area contributed by atoms with Gasteiger partial charge in [-0.05, 0) is 37.1 Å². The van der Waals surface area contributed by atoms with Crippen LogP contribution in [0.1, 0.15) is 18.9 Å². The van der Waals surface area contributed by atoms with Gasteiger partial charge in [-0.15, -0.1) is 0 Å². The van der Waals surface area contributed by atoms with Crippen molar-refractivity contribution in [3.8, 4) is 11.5 Å². The Morgan fingerprint density at radius 3 is 2.62 bits per heavy atom. The van der Waals surface area contributed by atoms with Gasteiger partial charge in [0.15, 0.2) is 0 Å². The fraction of sp³-hybridized carbons (Fsp3) is 0.235. The van der Waals surface area contributed by atoms with Gasteiger partial charge in [0.25, 0.3) is 0 Å². The van der Waals surface area contributed by atoms with E-state index in [-0.39, 0.29) is 11.7 Å². The van der Waals surface area contributed by atoms with E-state index in [1.165, 1.54) is 0 Å². The molecule has 2 aromatic carbocycles. The lowest BCUT2D eigenvalue weighted by molar-refractivity contribution is -0.116. The van der Waals surface area contributed by atoms with E-state index in [0.717, 1.165) is 11.3 Å². The first kappa shape index (κ1) is 14.9. The van der Waals surface area contributed by atoms with E-state index >= 15 is 0 Å². The number of phenols is 1. The van der Waals surface area contributed by atoms with Crippen molar-refractivity contribution in [3.05, 3.63) is 54.1 Å². The van der Waals surface area contributed by atoms with Gasteiger partial charge in [-0.2, -0.15) is 0 Å². The Morgan fingerprint density at radius 1 is 1.14 bits per heavy atom. The summed E-state index contributed by atoms with van der Waals surface area (Å²) in [6, 6.07) is 14.4. The maximum Gasteiger partial charge on any atom is 0.224 e. The number of carbonyl (C=O) groups is 1. The number of hydrogen-bond donors (Lipinski definition) is 2. The summed E-state index contributed by atoms with van der Waals surface area (Å²) in [5.74, 6) is 0.749. The van der Waals surface area contributed by atoms with Crippen LogP contribution in [0, 0.1) is 0 Å². The largest absolute Gasteiger partial charge is 0.506 e. The molecule has 0 aromatic heterocycles. The fourth-order valence-electron chi connectivity index (χ4n) is 2.05. The van der Waals surface area contributed by atoms with E-state index in [0.29, 0.717) is 25.1 Å². The molecule has 0 aliphatic heterocycles. The molecule has 0 bridgehead atoms. The second-order valence-corrected chi connectivity index (χ2v) is 4.61. The molecular weight excluding hydrogens is 266 g/mol. The summed E-state index contributed by atoms with van der Waals surface area (Å²) in [5.41, 5.74) is 1.44. The zero-order chi connectivity index (χ0) is 15.1. The molecule has 0 aliphatic carbocycles. The highest BCUT2D eigenvalue weighted by Gasteiger charge is 2.08. The van der Waals surface area contributed by atoms with Gasteiger partial charge in [0.2, 0.25) is 5.91 Å². The fourth-order valence-corrected chi connectivity index (χ4v) is 2.05. The first-order valence-electron chi connectivity index (χ1n) is 6.99. The van der Waals surface area contributed by atoms with Crippen molar-refractivity contribution in [1.82, 2.24) is 0 Å². The van der Waals surface area contributed by atoms with Crippen LogP contribution in [-0.4, -0.2) is 17.6 Å². The summed E-state index contributed by atoms with van der Waals surface area (Å²) in [7, 11) is 0. The SMILES string of the molecule is CCOc1ccccc1CCC(=O)Nc1ccccc1O. The van der Waals surface area contributed by atoms with Crippen molar-refractivity contribution in [2.45, 2.75) is 19.8 Å². The number of phenolic OH excluding ortho intramolecular Hbond substituents is 1. The third kappa shape index (κ3) is 4.24. The molecule has 2 N–H and O–H groups in total. The quantitative estimate of drug-likeness (QED) is 0.800. The Morgan fingerprint density at radius 2 is 1.86 bits per heavy atom. The molecule has 0 aliphatic rings. The van der Waals surface area contributed by atoms with Crippen LogP contribution in [0.2, 0.25) is 0 Å². The van der Waals surface area contributed by atoms with Gasteiger partial charge in [0.1, 0.15) is 11.5 Å². The van der Waals surface area contributed by atoms with E-state index < -0.39 is 0 Å². The van der Waals surface area contributed by atoms with Gasteiger partial charge >= 0.3 is 0 Å². The van der Waals surface area contributed by atoms with Crippen molar-refractivity contribution in [1.29, 1.82) is 0 Å². The molecule has 0 heterocycles. The average molecular weight is 285 g/mol. The molecule has 0 radical (unpaired) electrons. The molecule has 0 atom stereocenters. The average Bonchev–Trinajstić information content (AvgIpc) is 2.49. The van der Waals surface area contributed by atoms with E-state index in [9.17, 15) is 9.90 Å². The minimum Gasteiger partial charge on any atom is -0.506 e. The van der Waals surface area contributed by atoms with Gasteiger partial charge in [0.05, 0.1) is 12.3 Å². The molecule has 2 rings (SSSR count). The predicted molar refractivity (Wildman–Crippen MR) is 82.7 cm³/mol. The minimum absolute atomic E-state index is 0.0700. The summed E-state index contributed by atoms with van der Waals surface area (Å²) in [6.07, 6.45) is 0.925. The van der Waals surface area contributed by atoms with Crippen LogP contribution in [0.5, 0.6) is 11.5 Å². The first-order chi connectivity index (χ1) is 10.2. The first-order valence-corrected chi connectivity index (χ1v) is 6.99. The number of carbonyl (C=O) groups excluding carboxylic acids is 1. The van der Waals surface area contributed by atoms with Crippen molar-refractivity contribution in [2.75, 3.05) is 11.9 Å². The highest BCUT2D eigenvalue weighted by atomic mass is 16.5. The number of aryl methyl sites for hydroxylation is 1. The molecule has 2 aromatic rings. The molecule has 0 fully saturated rings. The Hall–Kier alpha value is -2.49. The number of ether oxygens (including phenoxy) is 1. The number of rotatable bonds is 6. The van der Waals surface area contributed by atoms with Crippen molar-refractivity contribution >= 4 is 11.6 Å². The van der Waals surface area contributed by atoms with E-state index in [1.54, 1.807) is 24.3 Å². The monoisotopic (exact) mass is 285 g/mol. The third-order valence-corrected chi connectivity index (χ3v) is 3.07. The third-order valence-electron chi connectivity index (χ3n) is 3.07. The summed E-state index contributed by atoms with van der Waals surface area (Å²) < 4.78 is 5.53. The normalized spacial score (nSPS) is 10.1. The second-order valence-electron chi connectivity index (χ2n) is 4.61. The summed E-state index contributed by atoms with van der Waals surface area (Å²) >= 11 is 0.